The van der Waals surface area contributed by atoms with Gasteiger partial charge in [0.25, 0.3) is 5.91 Å². The number of halogens is 1. The molecule has 1 atom stereocenters. The second-order valence-corrected chi connectivity index (χ2v) is 5.87. The van der Waals surface area contributed by atoms with Gasteiger partial charge in [-0.05, 0) is 30.9 Å². The van der Waals surface area contributed by atoms with E-state index in [4.69, 9.17) is 21.1 Å². The van der Waals surface area contributed by atoms with Gasteiger partial charge < -0.3 is 14.4 Å². The summed E-state index contributed by atoms with van der Waals surface area (Å²) in [7, 11) is 0. The first-order valence-electron chi connectivity index (χ1n) is 7.37. The van der Waals surface area contributed by atoms with Crippen molar-refractivity contribution >= 4 is 23.5 Å². The van der Waals surface area contributed by atoms with Crippen molar-refractivity contribution in [3.05, 3.63) is 29.3 Å². The second kappa shape index (κ2) is 8.03. The van der Waals surface area contributed by atoms with E-state index in [1.54, 1.807) is 29.2 Å². The van der Waals surface area contributed by atoms with Gasteiger partial charge in [-0.3, -0.25) is 4.79 Å². The Balaban J connectivity index is 1.71. The van der Waals surface area contributed by atoms with Gasteiger partial charge in [0.1, 0.15) is 5.75 Å². The molecule has 1 aromatic carbocycles. The molecule has 0 aliphatic carbocycles. The molecule has 1 aliphatic heterocycles. The van der Waals surface area contributed by atoms with E-state index in [9.17, 15) is 9.59 Å². The lowest BCUT2D eigenvalue weighted by molar-refractivity contribution is -0.154. The Morgan fingerprint density at radius 1 is 1.32 bits per heavy atom. The Hall–Kier alpha value is -1.75. The number of para-hydroxylation sites is 1. The first-order chi connectivity index (χ1) is 10.6. The maximum atomic E-state index is 12.0. The minimum Gasteiger partial charge on any atom is -0.480 e. The molecular weight excluding hydrogens is 306 g/mol. The monoisotopic (exact) mass is 325 g/mol. The number of benzene rings is 1. The minimum atomic E-state index is -0.585. The first kappa shape index (κ1) is 16.6. The van der Waals surface area contributed by atoms with Crippen LogP contribution in [0.5, 0.6) is 5.75 Å². The highest BCUT2D eigenvalue weighted by molar-refractivity contribution is 6.32. The van der Waals surface area contributed by atoms with Crippen LogP contribution in [0.4, 0.5) is 0 Å². The third-order valence-corrected chi connectivity index (χ3v) is 3.86. The molecule has 22 heavy (non-hydrogen) atoms. The van der Waals surface area contributed by atoms with Gasteiger partial charge in [-0.25, -0.2) is 4.79 Å². The Morgan fingerprint density at radius 2 is 2.09 bits per heavy atom. The van der Waals surface area contributed by atoms with Crippen molar-refractivity contribution < 1.29 is 19.1 Å². The van der Waals surface area contributed by atoms with E-state index >= 15 is 0 Å². The number of hydrogen-bond acceptors (Lipinski definition) is 4. The number of nitrogens with zero attached hydrogens (tertiary/aromatic N) is 1. The number of rotatable bonds is 5. The van der Waals surface area contributed by atoms with Crippen LogP contribution < -0.4 is 4.74 Å². The number of amides is 1. The summed E-state index contributed by atoms with van der Waals surface area (Å²) in [6, 6.07) is 6.86. The van der Waals surface area contributed by atoms with E-state index in [-0.39, 0.29) is 19.1 Å². The van der Waals surface area contributed by atoms with Crippen molar-refractivity contribution in [1.29, 1.82) is 0 Å². The van der Waals surface area contributed by atoms with Gasteiger partial charge in [-0.15, -0.1) is 0 Å². The summed E-state index contributed by atoms with van der Waals surface area (Å²) in [5.74, 6) is 0.172. The summed E-state index contributed by atoms with van der Waals surface area (Å²) < 4.78 is 10.2. The number of carbonyl (C=O) groups excluding carboxylic acids is 2. The van der Waals surface area contributed by atoms with Gasteiger partial charge in [0, 0.05) is 13.1 Å². The summed E-state index contributed by atoms with van der Waals surface area (Å²) in [5.41, 5.74) is 0. The van der Waals surface area contributed by atoms with Crippen LogP contribution in [0, 0.1) is 5.92 Å². The molecule has 0 aromatic heterocycles. The quantitative estimate of drug-likeness (QED) is 0.781. The molecule has 1 aliphatic rings. The van der Waals surface area contributed by atoms with Crippen LogP contribution in [0.25, 0.3) is 0 Å². The number of hydrogen-bond donors (Lipinski definition) is 0. The Morgan fingerprint density at radius 3 is 2.82 bits per heavy atom. The summed E-state index contributed by atoms with van der Waals surface area (Å²) in [4.78, 5) is 25.3. The molecule has 1 aromatic rings. The molecule has 1 heterocycles. The average molecular weight is 326 g/mol. The number of piperidine rings is 1. The molecule has 1 amide bonds. The van der Waals surface area contributed by atoms with E-state index < -0.39 is 5.97 Å². The van der Waals surface area contributed by atoms with Crippen LogP contribution in [0.1, 0.15) is 19.8 Å². The van der Waals surface area contributed by atoms with Crippen LogP contribution >= 0.6 is 11.6 Å². The fourth-order valence-electron chi connectivity index (χ4n) is 2.39. The molecule has 1 fully saturated rings. The third kappa shape index (κ3) is 4.91. The highest BCUT2D eigenvalue weighted by Gasteiger charge is 2.21. The summed E-state index contributed by atoms with van der Waals surface area (Å²) >= 11 is 5.91. The number of likely N-dealkylation sites (tertiary alicyclic amines) is 1. The lowest BCUT2D eigenvalue weighted by Crippen LogP contribution is -2.41. The van der Waals surface area contributed by atoms with Crippen LogP contribution in [-0.2, 0) is 14.3 Å². The van der Waals surface area contributed by atoms with E-state index in [0.29, 0.717) is 16.7 Å². The predicted molar refractivity (Wildman–Crippen MR) is 82.9 cm³/mol. The molecule has 1 unspecified atom stereocenters. The Bertz CT molecular complexity index is 535. The first-order valence-corrected chi connectivity index (χ1v) is 7.75. The van der Waals surface area contributed by atoms with Gasteiger partial charge in [0.2, 0.25) is 0 Å². The van der Waals surface area contributed by atoms with Crippen LogP contribution in [0.2, 0.25) is 5.02 Å². The number of carbonyl (C=O) groups is 2. The highest BCUT2D eigenvalue weighted by Crippen LogP contribution is 2.22. The van der Waals surface area contributed by atoms with E-state index in [0.717, 1.165) is 25.9 Å². The lowest BCUT2D eigenvalue weighted by Gasteiger charge is -2.30. The highest BCUT2D eigenvalue weighted by atomic mass is 35.5. The third-order valence-electron chi connectivity index (χ3n) is 3.55. The second-order valence-electron chi connectivity index (χ2n) is 5.47. The fraction of sp³-hybridized carbons (Fsp3) is 0.500. The molecule has 2 rings (SSSR count). The van der Waals surface area contributed by atoms with Crippen molar-refractivity contribution in [1.82, 2.24) is 4.90 Å². The molecule has 0 bridgehead atoms. The van der Waals surface area contributed by atoms with E-state index in [2.05, 4.69) is 6.92 Å². The van der Waals surface area contributed by atoms with Crippen molar-refractivity contribution in [2.75, 3.05) is 26.3 Å². The zero-order chi connectivity index (χ0) is 15.9. The number of esters is 1. The summed E-state index contributed by atoms with van der Waals surface area (Å²) in [6.07, 6.45) is 2.13. The van der Waals surface area contributed by atoms with Gasteiger partial charge in [0.05, 0.1) is 5.02 Å². The maximum Gasteiger partial charge on any atom is 0.344 e. The van der Waals surface area contributed by atoms with Crippen LogP contribution in [0.3, 0.4) is 0 Å². The van der Waals surface area contributed by atoms with Crippen LogP contribution in [-0.4, -0.2) is 43.1 Å². The van der Waals surface area contributed by atoms with Gasteiger partial charge >= 0.3 is 5.97 Å². The van der Waals surface area contributed by atoms with Crippen LogP contribution in [0.15, 0.2) is 24.3 Å². The predicted octanol–water partition coefficient (Wildman–Crippen LogP) is 2.52. The Labute approximate surface area is 135 Å². The summed E-state index contributed by atoms with van der Waals surface area (Å²) in [6.45, 7) is 3.07. The molecule has 0 N–H and O–H groups in total. The maximum absolute atomic E-state index is 12.0. The zero-order valence-corrected chi connectivity index (χ0v) is 13.3. The molecule has 0 radical (unpaired) electrons. The molecule has 0 spiro atoms. The average Bonchev–Trinajstić information content (AvgIpc) is 2.52. The molecular formula is C16H20ClNO4. The Kier molecular flexibility index (Phi) is 6.07. The molecule has 120 valence electrons. The van der Waals surface area contributed by atoms with E-state index in [1.807, 2.05) is 0 Å². The van der Waals surface area contributed by atoms with Crippen molar-refractivity contribution in [3.8, 4) is 5.75 Å². The SMILES string of the molecule is CC1CCCN(C(=O)COC(=O)COc2ccccc2Cl)C1. The fourth-order valence-corrected chi connectivity index (χ4v) is 2.58. The number of ether oxygens (including phenoxy) is 2. The normalized spacial score (nSPS) is 17.9. The summed E-state index contributed by atoms with van der Waals surface area (Å²) in [5, 5.41) is 0.425. The minimum absolute atomic E-state index is 0.155. The topological polar surface area (TPSA) is 55.8 Å². The van der Waals surface area contributed by atoms with E-state index in [1.165, 1.54) is 0 Å². The van der Waals surface area contributed by atoms with Gasteiger partial charge in [-0.1, -0.05) is 30.7 Å². The van der Waals surface area contributed by atoms with Crippen molar-refractivity contribution in [2.24, 2.45) is 5.92 Å². The lowest BCUT2D eigenvalue weighted by atomic mass is 10.0. The molecule has 6 heteroatoms. The zero-order valence-electron chi connectivity index (χ0n) is 12.6. The molecule has 1 saturated heterocycles. The smallest absolute Gasteiger partial charge is 0.344 e. The molecule has 0 saturated carbocycles. The molecule has 5 nitrogen and oxygen atoms in total. The van der Waals surface area contributed by atoms with Crippen molar-refractivity contribution in [3.63, 3.8) is 0 Å². The largest absolute Gasteiger partial charge is 0.480 e. The standard InChI is InChI=1S/C16H20ClNO4/c1-12-5-4-8-18(9-12)15(19)10-22-16(20)11-21-14-7-3-2-6-13(14)17/h2-3,6-7,12H,4-5,8-11H2,1H3. The van der Waals surface area contributed by atoms with Gasteiger partial charge in [0.15, 0.2) is 13.2 Å². The van der Waals surface area contributed by atoms with Gasteiger partial charge in [-0.2, -0.15) is 0 Å². The van der Waals surface area contributed by atoms with Crippen molar-refractivity contribution in [2.45, 2.75) is 19.8 Å².